The summed E-state index contributed by atoms with van der Waals surface area (Å²) in [5.41, 5.74) is 1.44. The summed E-state index contributed by atoms with van der Waals surface area (Å²) >= 11 is 1.08. The van der Waals surface area contributed by atoms with E-state index in [0.29, 0.717) is 34.4 Å². The van der Waals surface area contributed by atoms with E-state index in [9.17, 15) is 25.9 Å². The van der Waals surface area contributed by atoms with Gasteiger partial charge in [-0.05, 0) is 56.2 Å². The van der Waals surface area contributed by atoms with Crippen molar-refractivity contribution in [2.45, 2.75) is 34.9 Å². The van der Waals surface area contributed by atoms with Crippen LogP contribution in [0.3, 0.4) is 0 Å². The largest absolute Gasteiger partial charge is 0.299 e. The molecule has 0 aliphatic carbocycles. The van der Waals surface area contributed by atoms with E-state index in [4.69, 9.17) is 0 Å². The topological polar surface area (TPSA) is 139 Å². The first-order valence-electron chi connectivity index (χ1n) is 11.1. The van der Waals surface area contributed by atoms with Crippen LogP contribution in [0.4, 0.5) is 0 Å². The molecular formula is C23H25N3O6S4. The van der Waals surface area contributed by atoms with Gasteiger partial charge in [-0.15, -0.1) is 11.3 Å². The third-order valence-corrected chi connectivity index (χ3v) is 12.9. The second-order valence-corrected chi connectivity index (χ2v) is 15.9. The van der Waals surface area contributed by atoms with Gasteiger partial charge in [0.05, 0.1) is 4.90 Å². The fourth-order valence-electron chi connectivity index (χ4n) is 4.33. The number of thiophene rings is 1. The van der Waals surface area contributed by atoms with Gasteiger partial charge >= 0.3 is 0 Å². The molecule has 1 aliphatic heterocycles. The van der Waals surface area contributed by atoms with Gasteiger partial charge in [0.15, 0.2) is 5.65 Å². The van der Waals surface area contributed by atoms with Crippen molar-refractivity contribution in [2.75, 3.05) is 11.5 Å². The molecule has 1 saturated heterocycles. The lowest BCUT2D eigenvalue weighted by Gasteiger charge is -2.39. The van der Waals surface area contributed by atoms with E-state index < -0.39 is 30.6 Å². The van der Waals surface area contributed by atoms with Gasteiger partial charge in [-0.3, -0.25) is 9.11 Å². The summed E-state index contributed by atoms with van der Waals surface area (Å²) in [5, 5.41) is 0.603. The number of rotatable bonds is 6. The number of nitrogens with zero attached hydrogens (tertiary/aromatic N) is 2. The summed E-state index contributed by atoms with van der Waals surface area (Å²) in [6.07, 6.45) is 2.25. The molecule has 9 nitrogen and oxygen atoms in total. The number of benzene rings is 1. The lowest BCUT2D eigenvalue weighted by atomic mass is 10.1. The smallest absolute Gasteiger partial charge is 0.269 e. The molecule has 1 aromatic carbocycles. The third kappa shape index (κ3) is 4.72. The lowest BCUT2D eigenvalue weighted by molar-refractivity contribution is 0.444. The fourth-order valence-corrected chi connectivity index (χ4v) is 10.0. The molecule has 1 fully saturated rings. The molecular weight excluding hydrogens is 543 g/mol. The number of aromatic nitrogens is 2. The SMILES string of the molecule is Cc1cc2c(-c3ccc(S(=O)(=O)NC4CCS(O)(O)CC4)s3)ccnc2n1S(=O)(=O)c1ccccc1. The molecule has 0 spiro atoms. The van der Waals surface area contributed by atoms with Crippen molar-refractivity contribution in [1.82, 2.24) is 13.7 Å². The van der Waals surface area contributed by atoms with Gasteiger partial charge in [0, 0.05) is 45.3 Å². The Morgan fingerprint density at radius 3 is 2.42 bits per heavy atom. The van der Waals surface area contributed by atoms with Gasteiger partial charge in [0.2, 0.25) is 10.0 Å². The van der Waals surface area contributed by atoms with Crippen LogP contribution < -0.4 is 4.72 Å². The maximum absolute atomic E-state index is 13.4. The van der Waals surface area contributed by atoms with Gasteiger partial charge in [0.1, 0.15) is 4.21 Å². The van der Waals surface area contributed by atoms with E-state index in [0.717, 1.165) is 11.3 Å². The Bertz CT molecular complexity index is 1630. The number of hydrogen-bond donors (Lipinski definition) is 3. The molecule has 0 unspecified atom stereocenters. The summed E-state index contributed by atoms with van der Waals surface area (Å²) in [5.74, 6) is 0.375. The van der Waals surface area contributed by atoms with Crippen LogP contribution in [0.25, 0.3) is 21.5 Å². The highest BCUT2D eigenvalue weighted by Crippen LogP contribution is 2.44. The van der Waals surface area contributed by atoms with Gasteiger partial charge in [-0.25, -0.2) is 30.5 Å². The quantitative estimate of drug-likeness (QED) is 0.312. The predicted molar refractivity (Wildman–Crippen MR) is 143 cm³/mol. The Balaban J connectivity index is 1.49. The Morgan fingerprint density at radius 1 is 1.03 bits per heavy atom. The number of hydrogen-bond acceptors (Lipinski definition) is 8. The Morgan fingerprint density at radius 2 is 1.72 bits per heavy atom. The molecule has 36 heavy (non-hydrogen) atoms. The fraction of sp³-hybridized carbons (Fsp3) is 0.261. The first-order valence-corrected chi connectivity index (χ1v) is 16.7. The molecule has 1 aliphatic rings. The average Bonchev–Trinajstić information content (AvgIpc) is 3.46. The van der Waals surface area contributed by atoms with E-state index in [1.165, 1.54) is 28.4 Å². The molecule has 4 aromatic rings. The summed E-state index contributed by atoms with van der Waals surface area (Å²) in [7, 11) is -10.3. The molecule has 3 N–H and O–H groups in total. The first kappa shape index (κ1) is 25.4. The minimum atomic E-state index is -3.88. The second-order valence-electron chi connectivity index (χ2n) is 8.69. The van der Waals surface area contributed by atoms with Crippen molar-refractivity contribution in [2.24, 2.45) is 0 Å². The van der Waals surface area contributed by atoms with E-state index in [1.54, 1.807) is 43.3 Å². The van der Waals surface area contributed by atoms with Gasteiger partial charge in [-0.2, -0.15) is 10.6 Å². The standard InChI is InChI=1S/C23H25N3O6S4/c1-16-15-20-19(9-12-24-23(20)26(16)36(31,32)18-5-3-2-4-6-18)21-7-8-22(33-21)35(29,30)25-17-10-13-34(27,28)14-11-17/h2-9,12,15,17,25,27-28H,10-11,13-14H2,1H3. The summed E-state index contributed by atoms with van der Waals surface area (Å²) in [6.45, 7) is 1.69. The van der Waals surface area contributed by atoms with Crippen LogP contribution >= 0.6 is 21.9 Å². The Labute approximate surface area is 215 Å². The monoisotopic (exact) mass is 567 g/mol. The number of pyridine rings is 1. The third-order valence-electron chi connectivity index (χ3n) is 6.14. The summed E-state index contributed by atoms with van der Waals surface area (Å²) in [4.78, 5) is 5.16. The van der Waals surface area contributed by atoms with Crippen molar-refractivity contribution >= 4 is 53.0 Å². The number of aryl methyl sites for hydroxylation is 1. The summed E-state index contributed by atoms with van der Waals surface area (Å²) in [6, 6.07) is 14.5. The second kappa shape index (κ2) is 9.24. The number of sulfonamides is 1. The molecule has 0 amide bonds. The van der Waals surface area contributed by atoms with Crippen molar-refractivity contribution in [3.8, 4) is 10.4 Å². The molecule has 5 rings (SSSR count). The van der Waals surface area contributed by atoms with Crippen molar-refractivity contribution in [3.63, 3.8) is 0 Å². The molecule has 192 valence electrons. The molecule has 0 bridgehead atoms. The molecule has 0 saturated carbocycles. The van der Waals surface area contributed by atoms with Crippen molar-refractivity contribution in [3.05, 3.63) is 66.5 Å². The predicted octanol–water partition coefficient (Wildman–Crippen LogP) is 4.50. The van der Waals surface area contributed by atoms with Crippen LogP contribution in [0.5, 0.6) is 0 Å². The van der Waals surface area contributed by atoms with Crippen molar-refractivity contribution < 1.29 is 25.9 Å². The van der Waals surface area contributed by atoms with Crippen LogP contribution in [0.15, 0.2) is 69.9 Å². The van der Waals surface area contributed by atoms with Crippen LogP contribution in [0.1, 0.15) is 18.5 Å². The van der Waals surface area contributed by atoms with E-state index in [-0.39, 0.29) is 32.3 Å². The number of fused-ring (bicyclic) bond motifs is 1. The normalized spacial score (nSPS) is 17.9. The average molecular weight is 568 g/mol. The zero-order valence-corrected chi connectivity index (χ0v) is 22.5. The first-order chi connectivity index (χ1) is 17.0. The van der Waals surface area contributed by atoms with Crippen LogP contribution in [0, 0.1) is 6.92 Å². The van der Waals surface area contributed by atoms with E-state index in [1.807, 2.05) is 0 Å². The summed E-state index contributed by atoms with van der Waals surface area (Å²) < 4.78 is 76.3. The Kier molecular flexibility index (Phi) is 6.52. The molecule has 13 heteroatoms. The maximum atomic E-state index is 13.4. The van der Waals surface area contributed by atoms with Gasteiger partial charge in [0.25, 0.3) is 10.0 Å². The molecule has 4 heterocycles. The number of nitrogens with one attached hydrogen (secondary N) is 1. The minimum Gasteiger partial charge on any atom is -0.299 e. The molecule has 0 atom stereocenters. The van der Waals surface area contributed by atoms with Crippen LogP contribution in [0.2, 0.25) is 0 Å². The minimum absolute atomic E-state index is 0.132. The van der Waals surface area contributed by atoms with Crippen molar-refractivity contribution in [1.29, 1.82) is 0 Å². The highest BCUT2D eigenvalue weighted by Gasteiger charge is 2.29. The zero-order valence-electron chi connectivity index (χ0n) is 19.2. The molecule has 0 radical (unpaired) electrons. The highest BCUT2D eigenvalue weighted by atomic mass is 32.3. The molecule has 3 aromatic heterocycles. The Hall–Kier alpha value is -2.26. The van der Waals surface area contributed by atoms with Gasteiger partial charge < -0.3 is 0 Å². The maximum Gasteiger partial charge on any atom is 0.269 e. The van der Waals surface area contributed by atoms with E-state index in [2.05, 4.69) is 9.71 Å². The lowest BCUT2D eigenvalue weighted by Crippen LogP contribution is -2.39. The van der Waals surface area contributed by atoms with Crippen LogP contribution in [-0.2, 0) is 20.0 Å². The van der Waals surface area contributed by atoms with Crippen LogP contribution in [-0.4, -0.2) is 52.4 Å². The van der Waals surface area contributed by atoms with E-state index >= 15 is 0 Å². The van der Waals surface area contributed by atoms with Gasteiger partial charge in [-0.1, -0.05) is 18.2 Å². The zero-order chi connectivity index (χ0) is 25.7. The highest BCUT2D eigenvalue weighted by molar-refractivity contribution is 8.24.